The number of amides is 1. The Morgan fingerprint density at radius 3 is 3.04 bits per heavy atom. The Morgan fingerprint density at radius 2 is 2.32 bits per heavy atom. The summed E-state index contributed by atoms with van der Waals surface area (Å²) >= 11 is 1.47. The zero-order chi connectivity index (χ0) is 18.0. The molecule has 0 spiro atoms. The summed E-state index contributed by atoms with van der Waals surface area (Å²) in [4.78, 5) is 17.6. The summed E-state index contributed by atoms with van der Waals surface area (Å²) in [7, 11) is 0. The van der Waals surface area contributed by atoms with E-state index in [1.54, 1.807) is 0 Å². The molecule has 6 heteroatoms. The van der Waals surface area contributed by atoms with Gasteiger partial charge in [-0.2, -0.15) is 0 Å². The molecule has 0 aliphatic carbocycles. The Bertz CT molecular complexity index is 798. The van der Waals surface area contributed by atoms with Crippen molar-refractivity contribution in [1.82, 2.24) is 10.3 Å². The van der Waals surface area contributed by atoms with E-state index in [-0.39, 0.29) is 17.9 Å². The van der Waals surface area contributed by atoms with Gasteiger partial charge in [-0.25, -0.2) is 4.98 Å². The average Bonchev–Trinajstić information content (AvgIpc) is 2.85. The molecule has 3 rings (SSSR count). The van der Waals surface area contributed by atoms with Gasteiger partial charge in [0.2, 0.25) is 5.91 Å². The minimum atomic E-state index is -0.0380. The molecule has 0 fully saturated rings. The van der Waals surface area contributed by atoms with Crippen LogP contribution in [0.4, 0.5) is 5.13 Å². The van der Waals surface area contributed by atoms with Gasteiger partial charge in [-0.1, -0.05) is 18.2 Å². The number of fused-ring (bicyclic) bond motifs is 1. The lowest BCUT2D eigenvalue weighted by atomic mass is 9.91. The zero-order valence-electron chi connectivity index (χ0n) is 14.5. The van der Waals surface area contributed by atoms with Crippen molar-refractivity contribution in [3.63, 3.8) is 0 Å². The monoisotopic (exact) mass is 357 g/mol. The molecule has 2 heterocycles. The normalized spacial score (nSPS) is 16.9. The number of benzene rings is 1. The maximum Gasteiger partial charge on any atom is 0.221 e. The van der Waals surface area contributed by atoms with Gasteiger partial charge in [0.1, 0.15) is 5.75 Å². The third-order valence-corrected chi connectivity index (χ3v) is 5.16. The molecule has 1 aromatic heterocycles. The van der Waals surface area contributed by atoms with E-state index in [1.807, 2.05) is 32.1 Å². The van der Waals surface area contributed by atoms with Crippen LogP contribution in [0.5, 0.6) is 5.75 Å². The van der Waals surface area contributed by atoms with E-state index in [0.29, 0.717) is 24.5 Å². The summed E-state index contributed by atoms with van der Waals surface area (Å²) in [5.74, 6) is 0.853. The first-order valence-electron chi connectivity index (χ1n) is 8.40. The molecule has 0 radical (unpaired) electrons. The number of thiazole rings is 1. The van der Waals surface area contributed by atoms with Gasteiger partial charge < -0.3 is 15.8 Å². The molecule has 0 saturated carbocycles. The minimum absolute atomic E-state index is 0.0292. The lowest BCUT2D eigenvalue weighted by Crippen LogP contribution is -2.21. The quantitative estimate of drug-likeness (QED) is 0.804. The number of anilines is 1. The highest BCUT2D eigenvalue weighted by Gasteiger charge is 2.28. The molecule has 1 aromatic carbocycles. The van der Waals surface area contributed by atoms with Crippen LogP contribution in [0.3, 0.4) is 0 Å². The van der Waals surface area contributed by atoms with Gasteiger partial charge in [0.15, 0.2) is 5.13 Å². The third-order valence-electron chi connectivity index (χ3n) is 4.12. The lowest BCUT2D eigenvalue weighted by molar-refractivity contribution is -0.121. The number of aromatic nitrogens is 1. The van der Waals surface area contributed by atoms with Gasteiger partial charge >= 0.3 is 0 Å². The van der Waals surface area contributed by atoms with Gasteiger partial charge in [0.05, 0.1) is 18.3 Å². The summed E-state index contributed by atoms with van der Waals surface area (Å²) in [6.07, 6.45) is 3.08. The molecule has 2 aromatic rings. The number of rotatable bonds is 5. The minimum Gasteiger partial charge on any atom is -0.491 e. The first kappa shape index (κ1) is 17.5. The van der Waals surface area contributed by atoms with Crippen LogP contribution in [0.2, 0.25) is 0 Å². The predicted molar refractivity (Wildman–Crippen MR) is 101 cm³/mol. The van der Waals surface area contributed by atoms with Crippen molar-refractivity contribution in [2.75, 3.05) is 5.73 Å². The largest absolute Gasteiger partial charge is 0.491 e. The smallest absolute Gasteiger partial charge is 0.221 e. The van der Waals surface area contributed by atoms with E-state index in [2.05, 4.69) is 22.9 Å². The fourth-order valence-electron chi connectivity index (χ4n) is 3.08. The number of hydrogen-bond acceptors (Lipinski definition) is 5. The predicted octanol–water partition coefficient (Wildman–Crippen LogP) is 3.39. The molecule has 0 saturated heterocycles. The second kappa shape index (κ2) is 7.27. The van der Waals surface area contributed by atoms with Crippen LogP contribution in [0.15, 0.2) is 30.9 Å². The summed E-state index contributed by atoms with van der Waals surface area (Å²) in [5, 5.41) is 3.44. The number of allylic oxidation sites excluding steroid dienone is 1. The van der Waals surface area contributed by atoms with E-state index in [9.17, 15) is 4.79 Å². The van der Waals surface area contributed by atoms with Crippen molar-refractivity contribution in [1.29, 1.82) is 0 Å². The Labute approximate surface area is 151 Å². The summed E-state index contributed by atoms with van der Waals surface area (Å²) < 4.78 is 5.90. The maximum atomic E-state index is 12.1. The van der Waals surface area contributed by atoms with Gasteiger partial charge in [-0.15, -0.1) is 17.9 Å². The first-order chi connectivity index (χ1) is 12.0. The Kier molecular flexibility index (Phi) is 5.08. The zero-order valence-corrected chi connectivity index (χ0v) is 15.4. The van der Waals surface area contributed by atoms with Crippen LogP contribution < -0.4 is 15.8 Å². The summed E-state index contributed by atoms with van der Waals surface area (Å²) in [6, 6.07) is 6.14. The topological polar surface area (TPSA) is 77.2 Å². The second-order valence-electron chi connectivity index (χ2n) is 6.42. The summed E-state index contributed by atoms with van der Waals surface area (Å²) in [5.41, 5.74) is 8.92. The summed E-state index contributed by atoms with van der Waals surface area (Å²) in [6.45, 7) is 8.29. The van der Waals surface area contributed by atoms with Crippen molar-refractivity contribution in [2.45, 2.75) is 45.3 Å². The number of carbonyl (C=O) groups is 1. The fraction of sp³-hybridized carbons (Fsp3) is 0.368. The molecule has 1 amide bonds. The number of hydrogen-bond donors (Lipinski definition) is 2. The molecule has 1 unspecified atom stereocenters. The third kappa shape index (κ3) is 3.85. The standard InChI is InChI=1S/C19H23N3O2S/c1-4-5-13-8-12(6-7-16(13)24-11(2)3)14-9-17(23)21-10-15-18(14)25-19(20)22-15/h4,6-8,11,14H,1,5,9-10H2,2-3H3,(H2,20,22)(H,21,23). The Morgan fingerprint density at radius 1 is 1.52 bits per heavy atom. The molecule has 1 aliphatic heterocycles. The highest BCUT2D eigenvalue weighted by Crippen LogP contribution is 2.38. The average molecular weight is 357 g/mol. The van der Waals surface area contributed by atoms with Crippen LogP contribution in [-0.4, -0.2) is 17.0 Å². The number of ether oxygens (including phenoxy) is 1. The molecule has 0 bridgehead atoms. The van der Waals surface area contributed by atoms with Crippen molar-refractivity contribution in [2.24, 2.45) is 0 Å². The second-order valence-corrected chi connectivity index (χ2v) is 7.49. The molecule has 132 valence electrons. The number of nitrogens with two attached hydrogens (primary N) is 1. The molecule has 25 heavy (non-hydrogen) atoms. The highest BCUT2D eigenvalue weighted by molar-refractivity contribution is 7.15. The number of carbonyl (C=O) groups excluding carboxylic acids is 1. The number of nitrogen functional groups attached to an aromatic ring is 1. The van der Waals surface area contributed by atoms with E-state index >= 15 is 0 Å². The highest BCUT2D eigenvalue weighted by atomic mass is 32.1. The van der Waals surface area contributed by atoms with E-state index in [0.717, 1.165) is 27.4 Å². The number of nitrogens with one attached hydrogen (secondary N) is 1. The van der Waals surface area contributed by atoms with Gasteiger partial charge in [0, 0.05) is 17.2 Å². The SMILES string of the molecule is C=CCc1cc(C2CC(=O)NCc3nc(N)sc32)ccc1OC(C)C. The van der Waals surface area contributed by atoms with Crippen molar-refractivity contribution >= 4 is 22.4 Å². The van der Waals surface area contributed by atoms with Crippen molar-refractivity contribution < 1.29 is 9.53 Å². The van der Waals surface area contributed by atoms with E-state index in [4.69, 9.17) is 10.5 Å². The van der Waals surface area contributed by atoms with Crippen LogP contribution in [-0.2, 0) is 17.8 Å². The molecule has 1 atom stereocenters. The molecular weight excluding hydrogens is 334 g/mol. The molecular formula is C19H23N3O2S. The van der Waals surface area contributed by atoms with E-state index < -0.39 is 0 Å². The lowest BCUT2D eigenvalue weighted by Gasteiger charge is -2.18. The van der Waals surface area contributed by atoms with Crippen LogP contribution >= 0.6 is 11.3 Å². The Balaban J connectivity index is 2.03. The maximum absolute atomic E-state index is 12.1. The Hall–Kier alpha value is -2.34. The molecule has 3 N–H and O–H groups in total. The van der Waals surface area contributed by atoms with Crippen LogP contribution in [0.25, 0.3) is 0 Å². The van der Waals surface area contributed by atoms with Crippen LogP contribution in [0, 0.1) is 0 Å². The van der Waals surface area contributed by atoms with Gasteiger partial charge in [-0.05, 0) is 37.5 Å². The molecule has 1 aliphatic rings. The van der Waals surface area contributed by atoms with Crippen LogP contribution in [0.1, 0.15) is 47.9 Å². The molecule has 5 nitrogen and oxygen atoms in total. The van der Waals surface area contributed by atoms with Crippen molar-refractivity contribution in [3.05, 3.63) is 52.6 Å². The van der Waals surface area contributed by atoms with Gasteiger partial charge in [-0.3, -0.25) is 4.79 Å². The van der Waals surface area contributed by atoms with E-state index in [1.165, 1.54) is 11.3 Å². The number of nitrogens with zero attached hydrogens (tertiary/aromatic N) is 1. The first-order valence-corrected chi connectivity index (χ1v) is 9.21. The van der Waals surface area contributed by atoms with Gasteiger partial charge in [0.25, 0.3) is 0 Å². The van der Waals surface area contributed by atoms with Crippen molar-refractivity contribution in [3.8, 4) is 5.75 Å². The fourth-order valence-corrected chi connectivity index (χ4v) is 4.06.